The van der Waals surface area contributed by atoms with E-state index in [0.717, 1.165) is 45.6 Å². The van der Waals surface area contributed by atoms with Crippen LogP contribution in [-0.4, -0.2) is 49.2 Å². The van der Waals surface area contributed by atoms with Crippen LogP contribution in [0.4, 0.5) is 0 Å². The van der Waals surface area contributed by atoms with Gasteiger partial charge in [-0.3, -0.25) is 4.79 Å². The number of rotatable bonds is 6. The maximum absolute atomic E-state index is 12.5. The highest BCUT2D eigenvalue weighted by Crippen LogP contribution is 2.29. The van der Waals surface area contributed by atoms with Gasteiger partial charge in [-0.2, -0.15) is 0 Å². The maximum atomic E-state index is 12.5. The number of carbonyl (C=O) groups excluding carboxylic acids is 1. The molecule has 3 aliphatic rings. The lowest BCUT2D eigenvalue weighted by molar-refractivity contribution is -0.132. The number of ether oxygens (including phenoxy) is 1. The number of hydrogen-bond donors (Lipinski definition) is 1. The zero-order valence-corrected chi connectivity index (χ0v) is 12.5. The van der Waals surface area contributed by atoms with Crippen molar-refractivity contribution < 1.29 is 9.53 Å². The van der Waals surface area contributed by atoms with Crippen LogP contribution in [0.3, 0.4) is 0 Å². The molecule has 2 aliphatic heterocycles. The number of hydrogen-bond acceptors (Lipinski definition) is 3. The fourth-order valence-electron chi connectivity index (χ4n) is 3.50. The Morgan fingerprint density at radius 1 is 1.20 bits per heavy atom. The summed E-state index contributed by atoms with van der Waals surface area (Å²) in [5, 5.41) is 3.52. The number of amides is 1. The highest BCUT2D eigenvalue weighted by atomic mass is 16.5. The van der Waals surface area contributed by atoms with Crippen molar-refractivity contribution in [2.75, 3.05) is 26.3 Å². The first-order valence-electron chi connectivity index (χ1n) is 8.43. The SMILES string of the molecule is O=C(CC[C@@H]1CCCOC1)N(C[C@H]1CCCN1)C1CC1. The lowest BCUT2D eigenvalue weighted by Gasteiger charge is -2.27. The van der Waals surface area contributed by atoms with Crippen molar-refractivity contribution in [3.05, 3.63) is 0 Å². The summed E-state index contributed by atoms with van der Waals surface area (Å²) in [5.74, 6) is 0.991. The molecule has 3 fully saturated rings. The van der Waals surface area contributed by atoms with E-state index in [9.17, 15) is 4.79 Å². The average molecular weight is 280 g/mol. The van der Waals surface area contributed by atoms with Gasteiger partial charge in [0.05, 0.1) is 0 Å². The van der Waals surface area contributed by atoms with E-state index in [4.69, 9.17) is 4.74 Å². The molecule has 2 heterocycles. The van der Waals surface area contributed by atoms with E-state index < -0.39 is 0 Å². The lowest BCUT2D eigenvalue weighted by atomic mass is 9.96. The van der Waals surface area contributed by atoms with Gasteiger partial charge in [0.15, 0.2) is 0 Å². The summed E-state index contributed by atoms with van der Waals surface area (Å²) >= 11 is 0. The van der Waals surface area contributed by atoms with Crippen LogP contribution in [0.25, 0.3) is 0 Å². The molecule has 0 aromatic rings. The Morgan fingerprint density at radius 2 is 2.10 bits per heavy atom. The van der Waals surface area contributed by atoms with Crippen LogP contribution in [0.2, 0.25) is 0 Å². The number of nitrogens with zero attached hydrogens (tertiary/aromatic N) is 1. The third-order valence-electron chi connectivity index (χ3n) is 4.91. The van der Waals surface area contributed by atoms with Gasteiger partial charge in [0.25, 0.3) is 0 Å². The average Bonchev–Trinajstić information content (AvgIpc) is 3.20. The summed E-state index contributed by atoms with van der Waals surface area (Å²) in [6.07, 6.45) is 9.05. The van der Waals surface area contributed by atoms with Gasteiger partial charge < -0.3 is 15.0 Å². The second-order valence-electron chi connectivity index (χ2n) is 6.69. The molecule has 1 amide bonds. The van der Waals surface area contributed by atoms with Gasteiger partial charge in [0.2, 0.25) is 5.91 Å². The smallest absolute Gasteiger partial charge is 0.222 e. The van der Waals surface area contributed by atoms with Gasteiger partial charge in [-0.1, -0.05) is 0 Å². The van der Waals surface area contributed by atoms with Crippen LogP contribution < -0.4 is 5.32 Å². The molecule has 0 radical (unpaired) electrons. The maximum Gasteiger partial charge on any atom is 0.222 e. The Hall–Kier alpha value is -0.610. The number of nitrogens with one attached hydrogen (secondary N) is 1. The van der Waals surface area contributed by atoms with Gasteiger partial charge in [0.1, 0.15) is 0 Å². The minimum Gasteiger partial charge on any atom is -0.381 e. The Bertz CT molecular complexity index is 318. The standard InChI is InChI=1S/C16H28N2O2/c19-16(8-5-13-3-2-10-20-12-13)18(15-6-7-15)11-14-4-1-9-17-14/h13-15,17H,1-12H2/t13-,14+/m0/s1. The van der Waals surface area contributed by atoms with Crippen LogP contribution >= 0.6 is 0 Å². The zero-order chi connectivity index (χ0) is 13.8. The molecule has 1 aliphatic carbocycles. The van der Waals surface area contributed by atoms with Crippen molar-refractivity contribution in [2.45, 2.75) is 63.5 Å². The highest BCUT2D eigenvalue weighted by molar-refractivity contribution is 5.77. The van der Waals surface area contributed by atoms with Crippen molar-refractivity contribution in [1.82, 2.24) is 10.2 Å². The molecule has 0 spiro atoms. The van der Waals surface area contributed by atoms with Crippen molar-refractivity contribution in [3.8, 4) is 0 Å². The fraction of sp³-hybridized carbons (Fsp3) is 0.938. The molecule has 0 unspecified atom stereocenters. The molecule has 20 heavy (non-hydrogen) atoms. The molecule has 2 saturated heterocycles. The molecule has 114 valence electrons. The van der Waals surface area contributed by atoms with E-state index in [1.165, 1.54) is 32.1 Å². The Morgan fingerprint density at radius 3 is 2.75 bits per heavy atom. The quantitative estimate of drug-likeness (QED) is 0.808. The van der Waals surface area contributed by atoms with Crippen LogP contribution in [0.15, 0.2) is 0 Å². The Kier molecular flexibility index (Phi) is 4.94. The molecule has 4 nitrogen and oxygen atoms in total. The Balaban J connectivity index is 1.44. The first-order chi connectivity index (χ1) is 9.83. The van der Waals surface area contributed by atoms with Crippen LogP contribution in [0.1, 0.15) is 51.4 Å². The molecular formula is C16H28N2O2. The fourth-order valence-corrected chi connectivity index (χ4v) is 3.50. The van der Waals surface area contributed by atoms with E-state index in [2.05, 4.69) is 10.2 Å². The van der Waals surface area contributed by atoms with Gasteiger partial charge in [-0.15, -0.1) is 0 Å². The first-order valence-corrected chi connectivity index (χ1v) is 8.43. The van der Waals surface area contributed by atoms with Crippen molar-refractivity contribution in [3.63, 3.8) is 0 Å². The molecule has 2 atom stereocenters. The normalized spacial score (nSPS) is 30.4. The van der Waals surface area contributed by atoms with Gasteiger partial charge >= 0.3 is 0 Å². The summed E-state index contributed by atoms with van der Waals surface area (Å²) in [7, 11) is 0. The minimum absolute atomic E-state index is 0.381. The topological polar surface area (TPSA) is 41.6 Å². The monoisotopic (exact) mass is 280 g/mol. The molecule has 0 aromatic carbocycles. The van der Waals surface area contributed by atoms with E-state index >= 15 is 0 Å². The molecule has 0 aromatic heterocycles. The lowest BCUT2D eigenvalue weighted by Crippen LogP contribution is -2.42. The summed E-state index contributed by atoms with van der Waals surface area (Å²) in [6.45, 7) is 3.83. The third-order valence-corrected chi connectivity index (χ3v) is 4.91. The minimum atomic E-state index is 0.381. The second kappa shape index (κ2) is 6.90. The molecule has 4 heteroatoms. The summed E-state index contributed by atoms with van der Waals surface area (Å²) < 4.78 is 5.51. The van der Waals surface area contributed by atoms with E-state index in [-0.39, 0.29) is 0 Å². The van der Waals surface area contributed by atoms with Crippen molar-refractivity contribution >= 4 is 5.91 Å². The third kappa shape index (κ3) is 3.95. The molecule has 3 rings (SSSR count). The van der Waals surface area contributed by atoms with Crippen LogP contribution in [0.5, 0.6) is 0 Å². The van der Waals surface area contributed by atoms with E-state index in [0.29, 0.717) is 23.9 Å². The van der Waals surface area contributed by atoms with Gasteiger partial charge in [-0.05, 0) is 57.4 Å². The summed E-state index contributed by atoms with van der Waals surface area (Å²) in [5.41, 5.74) is 0. The molecular weight excluding hydrogens is 252 g/mol. The highest BCUT2D eigenvalue weighted by Gasteiger charge is 2.34. The van der Waals surface area contributed by atoms with Crippen molar-refractivity contribution in [1.29, 1.82) is 0 Å². The van der Waals surface area contributed by atoms with Crippen LogP contribution in [0, 0.1) is 5.92 Å². The van der Waals surface area contributed by atoms with Gasteiger partial charge in [-0.25, -0.2) is 0 Å². The Labute approximate surface area is 122 Å². The molecule has 0 bridgehead atoms. The predicted octanol–water partition coefficient (Wildman–Crippen LogP) is 1.94. The summed E-state index contributed by atoms with van der Waals surface area (Å²) in [6, 6.07) is 1.09. The van der Waals surface area contributed by atoms with Crippen molar-refractivity contribution in [2.24, 2.45) is 5.92 Å². The van der Waals surface area contributed by atoms with E-state index in [1.807, 2.05) is 0 Å². The first kappa shape index (κ1) is 14.3. The predicted molar refractivity (Wildman–Crippen MR) is 78.5 cm³/mol. The number of carbonyl (C=O) groups is 1. The summed E-state index contributed by atoms with van der Waals surface area (Å²) in [4.78, 5) is 14.7. The van der Waals surface area contributed by atoms with Gasteiger partial charge in [0, 0.05) is 38.3 Å². The zero-order valence-electron chi connectivity index (χ0n) is 12.5. The molecule has 1 saturated carbocycles. The van der Waals surface area contributed by atoms with E-state index in [1.54, 1.807) is 0 Å². The molecule has 1 N–H and O–H groups in total. The van der Waals surface area contributed by atoms with Crippen LogP contribution in [-0.2, 0) is 9.53 Å². The largest absolute Gasteiger partial charge is 0.381 e. The second-order valence-corrected chi connectivity index (χ2v) is 6.69.